The number of methoxy groups -OCH3 is 1. The fourth-order valence-electron chi connectivity index (χ4n) is 1.73. The van der Waals surface area contributed by atoms with Crippen molar-refractivity contribution in [2.45, 2.75) is 0 Å². The van der Waals surface area contributed by atoms with E-state index in [9.17, 15) is 9.90 Å². The predicted molar refractivity (Wildman–Crippen MR) is 84.7 cm³/mol. The summed E-state index contributed by atoms with van der Waals surface area (Å²) in [6, 6.07) is 4.95. The SMILES string of the molecule is C=CCN1C(=O)/C(=C\c2ccc(OC)c(O)c2)SC1=S. The van der Waals surface area contributed by atoms with Crippen LogP contribution in [0.2, 0.25) is 0 Å². The molecule has 0 atom stereocenters. The molecule has 0 aromatic heterocycles. The summed E-state index contributed by atoms with van der Waals surface area (Å²) in [7, 11) is 1.48. The fraction of sp³-hybridized carbons (Fsp3) is 0.143. The quantitative estimate of drug-likeness (QED) is 0.526. The smallest absolute Gasteiger partial charge is 0.266 e. The molecule has 1 amide bonds. The lowest BCUT2D eigenvalue weighted by molar-refractivity contribution is -0.121. The van der Waals surface area contributed by atoms with Crippen molar-refractivity contribution in [2.75, 3.05) is 13.7 Å². The molecule has 0 spiro atoms. The Labute approximate surface area is 126 Å². The number of phenols is 1. The van der Waals surface area contributed by atoms with E-state index >= 15 is 0 Å². The molecule has 6 heteroatoms. The molecular formula is C14H13NO3S2. The van der Waals surface area contributed by atoms with Gasteiger partial charge >= 0.3 is 0 Å². The number of carbonyl (C=O) groups is 1. The Bertz CT molecular complexity index is 610. The van der Waals surface area contributed by atoms with Gasteiger partial charge < -0.3 is 9.84 Å². The van der Waals surface area contributed by atoms with E-state index in [2.05, 4.69) is 6.58 Å². The molecule has 0 aliphatic carbocycles. The molecule has 1 aliphatic rings. The highest BCUT2D eigenvalue weighted by Gasteiger charge is 2.30. The molecule has 4 nitrogen and oxygen atoms in total. The van der Waals surface area contributed by atoms with Crippen LogP contribution >= 0.6 is 24.0 Å². The van der Waals surface area contributed by atoms with Gasteiger partial charge in [0.05, 0.1) is 12.0 Å². The second-order valence-electron chi connectivity index (χ2n) is 4.01. The summed E-state index contributed by atoms with van der Waals surface area (Å²) in [5, 5.41) is 9.72. The van der Waals surface area contributed by atoms with Crippen molar-refractivity contribution >= 4 is 40.3 Å². The van der Waals surface area contributed by atoms with E-state index in [0.717, 1.165) is 0 Å². The number of carbonyl (C=O) groups excluding carboxylic acids is 1. The summed E-state index contributed by atoms with van der Waals surface area (Å²) in [6.45, 7) is 4.00. The van der Waals surface area contributed by atoms with E-state index in [1.54, 1.807) is 30.4 Å². The Hall–Kier alpha value is -1.79. The Morgan fingerprint density at radius 1 is 1.55 bits per heavy atom. The van der Waals surface area contributed by atoms with Crippen molar-refractivity contribution in [1.82, 2.24) is 4.90 Å². The molecule has 20 heavy (non-hydrogen) atoms. The number of ether oxygens (including phenoxy) is 1. The normalized spacial score (nSPS) is 16.9. The highest BCUT2D eigenvalue weighted by molar-refractivity contribution is 8.26. The van der Waals surface area contributed by atoms with Crippen LogP contribution in [0.3, 0.4) is 0 Å². The molecule has 2 rings (SSSR count). The van der Waals surface area contributed by atoms with Gasteiger partial charge in [-0.3, -0.25) is 9.69 Å². The first-order valence-corrected chi connectivity index (χ1v) is 7.02. The molecule has 0 radical (unpaired) electrons. The Morgan fingerprint density at radius 2 is 2.30 bits per heavy atom. The molecule has 1 saturated heterocycles. The minimum Gasteiger partial charge on any atom is -0.504 e. The lowest BCUT2D eigenvalue weighted by atomic mass is 10.2. The molecule has 0 saturated carbocycles. The molecule has 1 fully saturated rings. The third kappa shape index (κ3) is 2.86. The van der Waals surface area contributed by atoms with Gasteiger partial charge in [-0.25, -0.2) is 0 Å². The molecule has 0 unspecified atom stereocenters. The van der Waals surface area contributed by atoms with Crippen LogP contribution in [0.4, 0.5) is 0 Å². The summed E-state index contributed by atoms with van der Waals surface area (Å²) >= 11 is 6.39. The van der Waals surface area contributed by atoms with E-state index in [-0.39, 0.29) is 11.7 Å². The average molecular weight is 307 g/mol. The Kier molecular flexibility index (Phi) is 4.46. The van der Waals surface area contributed by atoms with Gasteiger partial charge in [0.15, 0.2) is 11.5 Å². The maximum Gasteiger partial charge on any atom is 0.266 e. The largest absolute Gasteiger partial charge is 0.504 e. The zero-order valence-corrected chi connectivity index (χ0v) is 12.5. The summed E-state index contributed by atoms with van der Waals surface area (Å²) < 4.78 is 5.49. The lowest BCUT2D eigenvalue weighted by Gasteiger charge is -2.10. The third-order valence-corrected chi connectivity index (χ3v) is 4.06. The Balaban J connectivity index is 2.28. The minimum absolute atomic E-state index is 0.0304. The first kappa shape index (κ1) is 14.6. The number of nitrogens with zero attached hydrogens (tertiary/aromatic N) is 1. The average Bonchev–Trinajstić information content (AvgIpc) is 2.67. The fourth-order valence-corrected chi connectivity index (χ4v) is 3.01. The van der Waals surface area contributed by atoms with Crippen LogP contribution < -0.4 is 4.74 Å². The molecule has 1 N–H and O–H groups in total. The van der Waals surface area contributed by atoms with Crippen molar-refractivity contribution in [2.24, 2.45) is 0 Å². The van der Waals surface area contributed by atoms with Gasteiger partial charge in [-0.05, 0) is 23.8 Å². The minimum atomic E-state index is -0.143. The number of amides is 1. The van der Waals surface area contributed by atoms with Gasteiger partial charge in [0.2, 0.25) is 0 Å². The lowest BCUT2D eigenvalue weighted by Crippen LogP contribution is -2.27. The van der Waals surface area contributed by atoms with E-state index < -0.39 is 0 Å². The van der Waals surface area contributed by atoms with E-state index in [1.807, 2.05) is 0 Å². The first-order valence-electron chi connectivity index (χ1n) is 5.80. The van der Waals surface area contributed by atoms with Gasteiger partial charge in [-0.1, -0.05) is 36.1 Å². The zero-order chi connectivity index (χ0) is 14.7. The molecule has 0 bridgehead atoms. The third-order valence-electron chi connectivity index (χ3n) is 2.69. The highest BCUT2D eigenvalue weighted by Crippen LogP contribution is 2.34. The number of thioether (sulfide) groups is 1. The van der Waals surface area contributed by atoms with Crippen molar-refractivity contribution in [3.05, 3.63) is 41.3 Å². The number of aromatic hydroxyl groups is 1. The number of hydrogen-bond donors (Lipinski definition) is 1. The zero-order valence-electron chi connectivity index (χ0n) is 10.8. The van der Waals surface area contributed by atoms with E-state index in [1.165, 1.54) is 23.8 Å². The van der Waals surface area contributed by atoms with Gasteiger partial charge in [0.25, 0.3) is 5.91 Å². The van der Waals surface area contributed by atoms with Crippen LogP contribution in [0.5, 0.6) is 11.5 Å². The van der Waals surface area contributed by atoms with Crippen LogP contribution in [-0.4, -0.2) is 33.9 Å². The van der Waals surface area contributed by atoms with E-state index in [4.69, 9.17) is 17.0 Å². The van der Waals surface area contributed by atoms with Crippen molar-refractivity contribution in [1.29, 1.82) is 0 Å². The predicted octanol–water partition coefficient (Wildman–Crippen LogP) is 2.79. The molecular weight excluding hydrogens is 294 g/mol. The second kappa shape index (κ2) is 6.11. The van der Waals surface area contributed by atoms with Gasteiger partial charge in [-0.15, -0.1) is 6.58 Å². The van der Waals surface area contributed by atoms with Crippen molar-refractivity contribution in [3.8, 4) is 11.5 Å². The topological polar surface area (TPSA) is 49.8 Å². The standard InChI is InChI=1S/C14H13NO3S2/c1-3-6-15-13(17)12(20-14(15)19)8-9-4-5-11(18-2)10(16)7-9/h3-5,7-8,16H,1,6H2,2H3/b12-8+. The number of benzene rings is 1. The summed E-state index contributed by atoms with van der Waals surface area (Å²) in [5.74, 6) is 0.277. The molecule has 1 heterocycles. The number of thiocarbonyl (C=S) groups is 1. The van der Waals surface area contributed by atoms with Crippen LogP contribution in [0.25, 0.3) is 6.08 Å². The second-order valence-corrected chi connectivity index (χ2v) is 5.69. The molecule has 104 valence electrons. The van der Waals surface area contributed by atoms with Gasteiger partial charge in [0.1, 0.15) is 4.32 Å². The molecule has 1 aliphatic heterocycles. The Morgan fingerprint density at radius 3 is 2.90 bits per heavy atom. The number of rotatable bonds is 4. The number of hydrogen-bond acceptors (Lipinski definition) is 5. The first-order chi connectivity index (χ1) is 9.56. The van der Waals surface area contributed by atoms with Crippen LogP contribution in [0.15, 0.2) is 35.8 Å². The summed E-state index contributed by atoms with van der Waals surface area (Å²) in [5.41, 5.74) is 0.711. The van der Waals surface area contributed by atoms with Gasteiger partial charge in [0, 0.05) is 6.54 Å². The van der Waals surface area contributed by atoms with Crippen molar-refractivity contribution < 1.29 is 14.6 Å². The van der Waals surface area contributed by atoms with Crippen LogP contribution in [0, 0.1) is 0 Å². The summed E-state index contributed by atoms with van der Waals surface area (Å²) in [4.78, 5) is 14.1. The molecule has 1 aromatic carbocycles. The monoisotopic (exact) mass is 307 g/mol. The maximum atomic E-state index is 12.1. The molecule has 1 aromatic rings. The highest BCUT2D eigenvalue weighted by atomic mass is 32.2. The van der Waals surface area contributed by atoms with Gasteiger partial charge in [-0.2, -0.15) is 0 Å². The van der Waals surface area contributed by atoms with Crippen LogP contribution in [-0.2, 0) is 4.79 Å². The van der Waals surface area contributed by atoms with Crippen molar-refractivity contribution in [3.63, 3.8) is 0 Å². The summed E-state index contributed by atoms with van der Waals surface area (Å²) in [6.07, 6.45) is 3.33. The number of phenolic OH excluding ortho intramolecular Hbond substituents is 1. The maximum absolute atomic E-state index is 12.1. The van der Waals surface area contributed by atoms with E-state index in [0.29, 0.717) is 27.1 Å². The van der Waals surface area contributed by atoms with Crippen LogP contribution in [0.1, 0.15) is 5.56 Å².